The minimum atomic E-state index is -4.35. The van der Waals surface area contributed by atoms with Crippen LogP contribution in [0, 0.1) is 11.8 Å². The summed E-state index contributed by atoms with van der Waals surface area (Å²) >= 11 is 6.30. The van der Waals surface area contributed by atoms with Crippen molar-refractivity contribution in [1.29, 1.82) is 0 Å². The molecule has 1 aliphatic heterocycles. The van der Waals surface area contributed by atoms with Crippen molar-refractivity contribution in [3.05, 3.63) is 83.4 Å². The lowest BCUT2D eigenvalue weighted by atomic mass is 9.70. The highest BCUT2D eigenvalue weighted by Gasteiger charge is 2.37. The number of hydrogen-bond donors (Lipinski definition) is 2. The molecule has 0 radical (unpaired) electrons. The van der Waals surface area contributed by atoms with Gasteiger partial charge in [0.25, 0.3) is 5.91 Å². The monoisotopic (exact) mass is 657 g/mol. The zero-order valence-electron chi connectivity index (χ0n) is 26.1. The second kappa shape index (κ2) is 15.3. The number of ether oxygens (including phenoxy) is 1. The second-order valence-corrected chi connectivity index (χ2v) is 14.4. The lowest BCUT2D eigenvalue weighted by Gasteiger charge is -2.42. The number of carbonyl (C=O) groups is 2. The molecule has 244 valence electrons. The molecule has 1 fully saturated rings. The molecule has 0 bridgehead atoms. The standard InChI is InChI=1S/C34H44ClN3O6S/c1-5-7-11-32(34(41)37(3)4)45(42,43)36-33(40)24-14-17-31-29(20-24)38(21-25-13-16-28(25)30(39)6-2)18-9-8-10-23-19-27(35)15-12-26(23)22-44-31/h5-6,12,14-15,17,19-20,25,28,30,32,39H,1-2,7-11,13,16,18,21-22H2,3-4H3,(H,36,40)/t25-,28+,30-,32-/m0/s1. The predicted octanol–water partition coefficient (Wildman–Crippen LogP) is 5.12. The molecule has 2 N–H and O–H groups in total. The van der Waals surface area contributed by atoms with Gasteiger partial charge in [-0.05, 0) is 98.2 Å². The first-order chi connectivity index (χ1) is 21.4. The smallest absolute Gasteiger partial charge is 0.264 e. The van der Waals surface area contributed by atoms with Crippen LogP contribution in [0.25, 0.3) is 0 Å². The van der Waals surface area contributed by atoms with Crippen LogP contribution in [0.4, 0.5) is 5.69 Å². The lowest BCUT2D eigenvalue weighted by molar-refractivity contribution is -0.128. The SMILES string of the molecule is C=CCC[C@@H](C(=O)N(C)C)S(=O)(=O)NC(=O)c1ccc2c(c1)N(C[C@@H]1CC[C@H]1[C@@H](O)C=C)CCCCc1cc(Cl)ccc1CO2. The van der Waals surface area contributed by atoms with E-state index in [1.165, 1.54) is 31.1 Å². The molecule has 0 spiro atoms. The minimum absolute atomic E-state index is 0.000728. The Labute approximate surface area is 271 Å². The maximum atomic E-state index is 13.5. The van der Waals surface area contributed by atoms with Crippen LogP contribution in [-0.4, -0.2) is 68.8 Å². The number of sulfonamides is 1. The largest absolute Gasteiger partial charge is 0.487 e. The van der Waals surface area contributed by atoms with E-state index in [1.807, 2.05) is 18.2 Å². The normalized spacial score (nSPS) is 19.7. The maximum Gasteiger partial charge on any atom is 0.264 e. The van der Waals surface area contributed by atoms with Gasteiger partial charge in [-0.1, -0.05) is 29.8 Å². The van der Waals surface area contributed by atoms with Crippen molar-refractivity contribution in [2.45, 2.75) is 62.9 Å². The zero-order chi connectivity index (χ0) is 32.7. The summed E-state index contributed by atoms with van der Waals surface area (Å²) in [7, 11) is -1.40. The van der Waals surface area contributed by atoms with E-state index in [9.17, 15) is 23.1 Å². The Balaban J connectivity index is 1.67. The van der Waals surface area contributed by atoms with Gasteiger partial charge in [-0.2, -0.15) is 0 Å². The summed E-state index contributed by atoms with van der Waals surface area (Å²) in [5, 5.41) is 9.74. The van der Waals surface area contributed by atoms with Crippen LogP contribution in [0.5, 0.6) is 5.75 Å². The van der Waals surface area contributed by atoms with Crippen LogP contribution in [0.3, 0.4) is 0 Å². The molecule has 4 rings (SSSR count). The van der Waals surface area contributed by atoms with Gasteiger partial charge in [-0.15, -0.1) is 13.2 Å². The van der Waals surface area contributed by atoms with Crippen molar-refractivity contribution in [2.75, 3.05) is 32.1 Å². The van der Waals surface area contributed by atoms with Gasteiger partial charge in [0.05, 0.1) is 11.8 Å². The molecule has 2 aromatic rings. The van der Waals surface area contributed by atoms with Gasteiger partial charge in [0.1, 0.15) is 12.4 Å². The van der Waals surface area contributed by atoms with Gasteiger partial charge >= 0.3 is 0 Å². The van der Waals surface area contributed by atoms with Gasteiger partial charge in [0.15, 0.2) is 5.25 Å². The van der Waals surface area contributed by atoms with E-state index in [-0.39, 0.29) is 23.8 Å². The van der Waals surface area contributed by atoms with Gasteiger partial charge in [-0.25, -0.2) is 13.1 Å². The fourth-order valence-electron chi connectivity index (χ4n) is 6.04. The van der Waals surface area contributed by atoms with E-state index in [0.717, 1.165) is 43.2 Å². The number of allylic oxidation sites excluding steroid dienone is 1. The summed E-state index contributed by atoms with van der Waals surface area (Å²) in [5.41, 5.74) is 2.95. The molecule has 0 saturated heterocycles. The van der Waals surface area contributed by atoms with Crippen LogP contribution in [-0.2, 0) is 27.8 Å². The predicted molar refractivity (Wildman–Crippen MR) is 178 cm³/mol. The third-order valence-electron chi connectivity index (χ3n) is 8.81. The summed E-state index contributed by atoms with van der Waals surface area (Å²) in [6.07, 6.45) is 7.29. The molecule has 4 atom stereocenters. The Morgan fingerprint density at radius 1 is 1.16 bits per heavy atom. The Hall–Kier alpha value is -3.34. The van der Waals surface area contributed by atoms with Crippen molar-refractivity contribution in [3.8, 4) is 5.75 Å². The lowest BCUT2D eigenvalue weighted by Crippen LogP contribution is -2.46. The molecule has 9 nitrogen and oxygen atoms in total. The number of nitrogens with one attached hydrogen (secondary N) is 1. The van der Waals surface area contributed by atoms with Gasteiger partial charge in [0.2, 0.25) is 15.9 Å². The highest BCUT2D eigenvalue weighted by Crippen LogP contribution is 2.40. The number of rotatable bonds is 11. The summed E-state index contributed by atoms with van der Waals surface area (Å²) in [6.45, 7) is 8.99. The highest BCUT2D eigenvalue weighted by molar-refractivity contribution is 7.91. The molecule has 1 heterocycles. The second-order valence-electron chi connectivity index (χ2n) is 12.1. The van der Waals surface area contributed by atoms with Crippen molar-refractivity contribution < 1.29 is 27.9 Å². The first kappa shape index (κ1) is 34.5. The number of aryl methyl sites for hydroxylation is 1. The first-order valence-corrected chi connectivity index (χ1v) is 17.3. The van der Waals surface area contributed by atoms with Crippen LogP contribution >= 0.6 is 11.6 Å². The van der Waals surface area contributed by atoms with Gasteiger partial charge < -0.3 is 19.6 Å². The van der Waals surface area contributed by atoms with E-state index in [4.69, 9.17) is 16.3 Å². The molecular weight excluding hydrogens is 614 g/mol. The number of aliphatic hydroxyl groups excluding tert-OH is 1. The molecule has 2 amide bonds. The van der Waals surface area contributed by atoms with Gasteiger partial charge in [-0.3, -0.25) is 9.59 Å². The van der Waals surface area contributed by atoms with E-state index in [1.54, 1.807) is 18.2 Å². The average molecular weight is 658 g/mol. The molecular formula is C34H44ClN3O6S. The Morgan fingerprint density at radius 3 is 2.60 bits per heavy atom. The average Bonchev–Trinajstić information content (AvgIpc) is 3.01. The Bertz CT molecular complexity index is 1510. The first-order valence-electron chi connectivity index (χ1n) is 15.4. The molecule has 1 aliphatic carbocycles. The van der Waals surface area contributed by atoms with Crippen LogP contribution in [0.1, 0.15) is 60.0 Å². The number of hydrogen-bond acceptors (Lipinski definition) is 7. The number of anilines is 1. The summed E-state index contributed by atoms with van der Waals surface area (Å²) < 4.78 is 35.1. The molecule has 2 aromatic carbocycles. The van der Waals surface area contributed by atoms with Crippen molar-refractivity contribution in [3.63, 3.8) is 0 Å². The van der Waals surface area contributed by atoms with Crippen LogP contribution < -0.4 is 14.4 Å². The number of aliphatic hydroxyl groups is 1. The number of halogens is 1. The number of amides is 2. The Kier molecular flexibility index (Phi) is 11.7. The van der Waals surface area contributed by atoms with E-state index < -0.39 is 33.2 Å². The number of nitrogens with zero attached hydrogens (tertiary/aromatic N) is 2. The molecule has 0 unspecified atom stereocenters. The molecule has 11 heteroatoms. The zero-order valence-corrected chi connectivity index (χ0v) is 27.7. The van der Waals surface area contributed by atoms with Gasteiger partial charge in [0, 0.05) is 37.8 Å². The molecule has 0 aromatic heterocycles. The van der Waals surface area contributed by atoms with E-state index in [0.29, 0.717) is 42.6 Å². The molecule has 45 heavy (non-hydrogen) atoms. The quantitative estimate of drug-likeness (QED) is 0.323. The molecule has 2 aliphatic rings. The van der Waals surface area contributed by atoms with Crippen LogP contribution in [0.2, 0.25) is 5.02 Å². The summed E-state index contributed by atoms with van der Waals surface area (Å²) in [6, 6.07) is 10.7. The summed E-state index contributed by atoms with van der Waals surface area (Å²) in [4.78, 5) is 29.6. The van der Waals surface area contributed by atoms with Crippen LogP contribution in [0.15, 0.2) is 61.7 Å². The number of benzene rings is 2. The van der Waals surface area contributed by atoms with E-state index >= 15 is 0 Å². The van der Waals surface area contributed by atoms with Crippen molar-refractivity contribution in [1.82, 2.24) is 9.62 Å². The minimum Gasteiger partial charge on any atom is -0.487 e. The fraction of sp³-hybridized carbons (Fsp3) is 0.471. The maximum absolute atomic E-state index is 13.5. The number of carbonyl (C=O) groups excluding carboxylic acids is 2. The van der Waals surface area contributed by atoms with E-state index in [2.05, 4.69) is 22.8 Å². The highest BCUT2D eigenvalue weighted by atomic mass is 35.5. The number of fused-ring (bicyclic) bond motifs is 2. The fourth-order valence-corrected chi connectivity index (χ4v) is 7.67. The third-order valence-corrected chi connectivity index (χ3v) is 10.7. The third kappa shape index (κ3) is 8.48. The summed E-state index contributed by atoms with van der Waals surface area (Å²) in [5.74, 6) is -0.575. The topological polar surface area (TPSA) is 116 Å². The van der Waals surface area contributed by atoms with Crippen molar-refractivity contribution >= 4 is 39.1 Å². The molecule has 1 saturated carbocycles. The Morgan fingerprint density at radius 2 is 1.93 bits per heavy atom. The van der Waals surface area contributed by atoms with Crippen molar-refractivity contribution in [2.24, 2.45) is 11.8 Å².